The Morgan fingerprint density at radius 3 is 2.48 bits per heavy atom. The molecule has 0 unspecified atom stereocenters. The lowest BCUT2D eigenvalue weighted by Crippen LogP contribution is -2.31. The number of likely N-dealkylation sites (N-methyl/N-ethyl adjacent to an activating group) is 1. The van der Waals surface area contributed by atoms with Crippen molar-refractivity contribution in [2.75, 3.05) is 38.2 Å². The lowest BCUT2D eigenvalue weighted by Gasteiger charge is -2.10. The van der Waals surface area contributed by atoms with Crippen LogP contribution in [0, 0.1) is 11.6 Å². The number of hydrogen-bond donors (Lipinski definition) is 3. The first-order chi connectivity index (χ1) is 14.8. The maximum atomic E-state index is 13.9. The van der Waals surface area contributed by atoms with Gasteiger partial charge in [0.15, 0.2) is 5.13 Å². The quantitative estimate of drug-likeness (QED) is 0.456. The van der Waals surface area contributed by atoms with Crippen molar-refractivity contribution in [1.29, 1.82) is 0 Å². The number of thiazole rings is 1. The van der Waals surface area contributed by atoms with Crippen LogP contribution >= 0.6 is 11.3 Å². The van der Waals surface area contributed by atoms with Crippen LogP contribution in [0.2, 0.25) is 0 Å². The first kappa shape index (κ1) is 22.2. The van der Waals surface area contributed by atoms with Crippen LogP contribution in [0.15, 0.2) is 36.5 Å². The number of hydrogen-bond acceptors (Lipinski definition) is 8. The molecule has 0 atom stereocenters. The number of carbonyl (C=O) groups excluding carboxylic acids is 2. The first-order valence-corrected chi connectivity index (χ1v) is 9.99. The van der Waals surface area contributed by atoms with Gasteiger partial charge in [-0.3, -0.25) is 9.59 Å². The second-order valence-electron chi connectivity index (χ2n) is 6.78. The number of nitrogens with zero attached hydrogens (tertiary/aromatic N) is 3. The molecule has 4 N–H and O–H groups in total. The zero-order valence-corrected chi connectivity index (χ0v) is 17.6. The topological polar surface area (TPSA) is 113 Å². The molecule has 0 fully saturated rings. The van der Waals surface area contributed by atoms with Crippen molar-refractivity contribution in [3.8, 4) is 0 Å². The predicted molar refractivity (Wildman–Crippen MR) is 115 cm³/mol. The number of benzene rings is 1. The van der Waals surface area contributed by atoms with E-state index in [1.54, 1.807) is 12.1 Å². The maximum absolute atomic E-state index is 13.9. The highest BCUT2D eigenvalue weighted by Gasteiger charge is 2.24. The average molecular weight is 446 g/mol. The molecule has 0 bridgehead atoms. The van der Waals surface area contributed by atoms with Gasteiger partial charge in [-0.2, -0.15) is 0 Å². The smallest absolute Gasteiger partial charge is 0.252 e. The number of nitrogen functional groups attached to an aromatic ring is 1. The summed E-state index contributed by atoms with van der Waals surface area (Å²) in [7, 11) is 3.82. The molecule has 1 aromatic carbocycles. The third kappa shape index (κ3) is 5.38. The summed E-state index contributed by atoms with van der Waals surface area (Å²) in [6.07, 6.45) is 1.39. The van der Waals surface area contributed by atoms with Crippen LogP contribution < -0.4 is 16.4 Å². The Labute approximate surface area is 181 Å². The van der Waals surface area contributed by atoms with Crippen LogP contribution in [0.4, 0.5) is 25.5 Å². The molecule has 0 radical (unpaired) electrons. The normalized spacial score (nSPS) is 10.9. The molecule has 8 nitrogen and oxygen atoms in total. The fourth-order valence-corrected chi connectivity index (χ4v) is 3.42. The fourth-order valence-electron chi connectivity index (χ4n) is 2.58. The molecule has 0 aliphatic heterocycles. The van der Waals surface area contributed by atoms with Crippen molar-refractivity contribution in [3.63, 3.8) is 0 Å². The summed E-state index contributed by atoms with van der Waals surface area (Å²) < 4.78 is 27.8. The van der Waals surface area contributed by atoms with E-state index >= 15 is 0 Å². The van der Waals surface area contributed by atoms with Gasteiger partial charge in [0.2, 0.25) is 5.78 Å². The minimum atomic E-state index is -0.978. The molecule has 0 saturated heterocycles. The Bertz CT molecular complexity index is 1080. The van der Waals surface area contributed by atoms with Gasteiger partial charge in [0, 0.05) is 19.3 Å². The Morgan fingerprint density at radius 1 is 1.16 bits per heavy atom. The van der Waals surface area contributed by atoms with Crippen molar-refractivity contribution in [2.24, 2.45) is 0 Å². The molecular formula is C20H20F2N6O2S. The predicted octanol–water partition coefficient (Wildman–Crippen LogP) is 2.66. The Kier molecular flexibility index (Phi) is 6.88. The van der Waals surface area contributed by atoms with Gasteiger partial charge in [-0.05, 0) is 38.4 Å². The third-order valence-corrected chi connectivity index (χ3v) is 5.14. The maximum Gasteiger partial charge on any atom is 0.252 e. The van der Waals surface area contributed by atoms with Gasteiger partial charge in [0.25, 0.3) is 5.91 Å². The molecule has 0 saturated carbocycles. The molecule has 162 valence electrons. The van der Waals surface area contributed by atoms with Gasteiger partial charge in [0.05, 0.1) is 11.1 Å². The van der Waals surface area contributed by atoms with E-state index in [2.05, 4.69) is 20.6 Å². The molecule has 0 aliphatic carbocycles. The van der Waals surface area contributed by atoms with E-state index in [4.69, 9.17) is 5.73 Å². The molecular weight excluding hydrogens is 426 g/mol. The molecule has 31 heavy (non-hydrogen) atoms. The van der Waals surface area contributed by atoms with E-state index in [9.17, 15) is 18.4 Å². The second-order valence-corrected chi connectivity index (χ2v) is 7.77. The van der Waals surface area contributed by atoms with Gasteiger partial charge in [0.1, 0.15) is 28.1 Å². The zero-order valence-electron chi connectivity index (χ0n) is 16.8. The highest BCUT2D eigenvalue weighted by atomic mass is 32.1. The largest absolute Gasteiger partial charge is 0.382 e. The van der Waals surface area contributed by atoms with Crippen LogP contribution in [0.1, 0.15) is 25.6 Å². The average Bonchev–Trinajstić information content (AvgIpc) is 3.08. The van der Waals surface area contributed by atoms with Crippen molar-refractivity contribution in [2.45, 2.75) is 0 Å². The summed E-state index contributed by atoms with van der Waals surface area (Å²) in [5, 5.41) is 5.86. The Balaban J connectivity index is 1.70. The lowest BCUT2D eigenvalue weighted by molar-refractivity contribution is 0.0950. The van der Waals surface area contributed by atoms with E-state index in [1.165, 1.54) is 12.3 Å². The number of nitrogens with two attached hydrogens (primary N) is 1. The number of nitrogens with one attached hydrogen (secondary N) is 2. The zero-order chi connectivity index (χ0) is 22.5. The van der Waals surface area contributed by atoms with E-state index in [-0.39, 0.29) is 21.7 Å². The van der Waals surface area contributed by atoms with E-state index in [0.29, 0.717) is 24.5 Å². The van der Waals surface area contributed by atoms with Crippen LogP contribution in [-0.2, 0) is 0 Å². The highest BCUT2D eigenvalue weighted by Crippen LogP contribution is 2.30. The minimum absolute atomic E-state index is 0.0941. The molecule has 2 heterocycles. The number of halogens is 2. The summed E-state index contributed by atoms with van der Waals surface area (Å²) in [6.45, 7) is 1.21. The number of pyridine rings is 1. The van der Waals surface area contributed by atoms with Gasteiger partial charge < -0.3 is 21.3 Å². The summed E-state index contributed by atoms with van der Waals surface area (Å²) in [5.41, 5.74) is 5.48. The van der Waals surface area contributed by atoms with Gasteiger partial charge in [-0.25, -0.2) is 18.7 Å². The highest BCUT2D eigenvalue weighted by molar-refractivity contribution is 7.18. The van der Waals surface area contributed by atoms with Crippen molar-refractivity contribution in [1.82, 2.24) is 20.2 Å². The summed E-state index contributed by atoms with van der Waals surface area (Å²) in [6, 6.07) is 6.31. The molecule has 1 amide bonds. The fraction of sp³-hybridized carbons (Fsp3) is 0.200. The SMILES string of the molecule is CN(C)CCNC(=O)c1ccc(Nc2nc(N)c(C(=O)c3c(F)cccc3F)s2)nc1. The van der Waals surface area contributed by atoms with Crippen LogP contribution in [0.5, 0.6) is 0 Å². The molecule has 3 aromatic rings. The molecule has 0 aliphatic rings. The van der Waals surface area contributed by atoms with E-state index in [0.717, 1.165) is 23.5 Å². The van der Waals surface area contributed by atoms with Crippen molar-refractivity contribution in [3.05, 3.63) is 64.2 Å². The Morgan fingerprint density at radius 2 is 1.87 bits per heavy atom. The van der Waals surface area contributed by atoms with Gasteiger partial charge >= 0.3 is 0 Å². The van der Waals surface area contributed by atoms with Crippen LogP contribution in [0.25, 0.3) is 0 Å². The monoisotopic (exact) mass is 446 g/mol. The van der Waals surface area contributed by atoms with Crippen molar-refractivity contribution < 1.29 is 18.4 Å². The Hall–Kier alpha value is -3.44. The molecule has 3 rings (SSSR count). The standard InChI is InChI=1S/C20H20F2N6O2S/c1-28(2)9-8-24-19(30)11-6-7-14(25-10-11)26-20-27-18(23)17(31-20)16(29)15-12(21)4-3-5-13(15)22/h3-7,10H,8-9,23H2,1-2H3,(H,24,30)(H,25,26,27). The summed E-state index contributed by atoms with van der Waals surface area (Å²) in [5.74, 6) is -2.90. The first-order valence-electron chi connectivity index (χ1n) is 9.17. The summed E-state index contributed by atoms with van der Waals surface area (Å²) >= 11 is 0.845. The third-order valence-electron chi connectivity index (χ3n) is 4.15. The number of anilines is 3. The van der Waals surface area contributed by atoms with Crippen LogP contribution in [0.3, 0.4) is 0 Å². The molecule has 2 aromatic heterocycles. The minimum Gasteiger partial charge on any atom is -0.382 e. The van der Waals surface area contributed by atoms with Crippen molar-refractivity contribution >= 4 is 39.8 Å². The summed E-state index contributed by atoms with van der Waals surface area (Å²) in [4.78, 5) is 34.7. The van der Waals surface area contributed by atoms with Crippen LogP contribution in [-0.4, -0.2) is 53.7 Å². The van der Waals surface area contributed by atoms with E-state index in [1.807, 2.05) is 19.0 Å². The van der Waals surface area contributed by atoms with Gasteiger partial charge in [-0.1, -0.05) is 17.4 Å². The van der Waals surface area contributed by atoms with E-state index < -0.39 is 23.0 Å². The second kappa shape index (κ2) is 9.58. The number of carbonyl (C=O) groups is 2. The number of rotatable bonds is 8. The molecule has 11 heteroatoms. The number of aromatic nitrogens is 2. The number of ketones is 1. The van der Waals surface area contributed by atoms with Gasteiger partial charge in [-0.15, -0.1) is 0 Å². The lowest BCUT2D eigenvalue weighted by atomic mass is 10.1. The molecule has 0 spiro atoms. The number of amides is 1.